The summed E-state index contributed by atoms with van der Waals surface area (Å²) in [5, 5.41) is 8.65. The number of benzene rings is 2. The van der Waals surface area contributed by atoms with Crippen LogP contribution in [0.25, 0.3) is 0 Å². The Balaban J connectivity index is 1.96. The minimum atomic E-state index is -0.361. The van der Waals surface area contributed by atoms with Gasteiger partial charge in [-0.1, -0.05) is 42.1 Å². The van der Waals surface area contributed by atoms with Crippen molar-refractivity contribution in [2.75, 3.05) is 11.9 Å². The van der Waals surface area contributed by atoms with Gasteiger partial charge in [0.15, 0.2) is 5.11 Å². The van der Waals surface area contributed by atoms with E-state index in [1.165, 1.54) is 6.42 Å². The highest BCUT2D eigenvalue weighted by Crippen LogP contribution is 2.24. The van der Waals surface area contributed by atoms with E-state index >= 15 is 0 Å². The van der Waals surface area contributed by atoms with Crippen molar-refractivity contribution in [2.24, 2.45) is 0 Å². The van der Waals surface area contributed by atoms with Gasteiger partial charge in [0.05, 0.1) is 12.2 Å². The van der Waals surface area contributed by atoms with E-state index in [4.69, 9.17) is 17.0 Å². The Morgan fingerprint density at radius 3 is 2.41 bits per heavy atom. The topological polar surface area (TPSA) is 79.5 Å². The van der Waals surface area contributed by atoms with Gasteiger partial charge in [-0.05, 0) is 75.0 Å². The van der Waals surface area contributed by atoms with Gasteiger partial charge in [0.1, 0.15) is 5.75 Å². The fourth-order valence-electron chi connectivity index (χ4n) is 2.90. The van der Waals surface area contributed by atoms with Crippen LogP contribution in [0.15, 0.2) is 46.9 Å². The first-order valence-electron chi connectivity index (χ1n) is 10.8. The molecule has 2 amide bonds. The molecule has 0 aliphatic rings. The molecule has 3 N–H and O–H groups in total. The largest absolute Gasteiger partial charge is 0.493 e. The Bertz CT molecular complexity index is 933. The number of unbranched alkanes of at least 4 members (excludes halogenated alkanes) is 3. The highest BCUT2D eigenvalue weighted by atomic mass is 79.9. The van der Waals surface area contributed by atoms with Crippen LogP contribution in [0, 0.1) is 0 Å². The Labute approximate surface area is 203 Å². The fraction of sp³-hybridized carbons (Fsp3) is 0.375. The molecule has 172 valence electrons. The summed E-state index contributed by atoms with van der Waals surface area (Å²) in [4.78, 5) is 24.9. The molecule has 8 heteroatoms. The quantitative estimate of drug-likeness (QED) is 0.278. The van der Waals surface area contributed by atoms with E-state index in [2.05, 4.69) is 38.8 Å². The predicted molar refractivity (Wildman–Crippen MR) is 137 cm³/mol. The lowest BCUT2D eigenvalue weighted by atomic mass is 10.2. The zero-order chi connectivity index (χ0) is 23.5. The second kappa shape index (κ2) is 13.2. The average molecular weight is 520 g/mol. The van der Waals surface area contributed by atoms with Crippen LogP contribution >= 0.6 is 28.1 Å². The molecule has 0 saturated carbocycles. The summed E-state index contributed by atoms with van der Waals surface area (Å²) >= 11 is 8.69. The van der Waals surface area contributed by atoms with Crippen molar-refractivity contribution in [1.82, 2.24) is 10.6 Å². The normalized spacial score (nSPS) is 10.5. The maximum Gasteiger partial charge on any atom is 0.261 e. The first kappa shape index (κ1) is 25.8. The van der Waals surface area contributed by atoms with Crippen LogP contribution < -0.4 is 20.7 Å². The minimum absolute atomic E-state index is 0.0614. The summed E-state index contributed by atoms with van der Waals surface area (Å²) in [6.45, 7) is 6.53. The van der Waals surface area contributed by atoms with Crippen molar-refractivity contribution in [3.8, 4) is 5.75 Å². The molecule has 0 radical (unpaired) electrons. The Kier molecular flexibility index (Phi) is 10.6. The van der Waals surface area contributed by atoms with Crippen LogP contribution in [0.5, 0.6) is 5.75 Å². The molecule has 0 fully saturated rings. The highest BCUT2D eigenvalue weighted by molar-refractivity contribution is 9.10. The van der Waals surface area contributed by atoms with Crippen LogP contribution in [0.3, 0.4) is 0 Å². The zero-order valence-electron chi connectivity index (χ0n) is 18.7. The third-order valence-electron chi connectivity index (χ3n) is 4.49. The zero-order valence-corrected chi connectivity index (χ0v) is 21.1. The van der Waals surface area contributed by atoms with Crippen molar-refractivity contribution in [1.29, 1.82) is 0 Å². The molecular weight excluding hydrogens is 490 g/mol. The smallest absolute Gasteiger partial charge is 0.261 e. The molecule has 2 aromatic carbocycles. The van der Waals surface area contributed by atoms with E-state index < -0.39 is 0 Å². The first-order valence-corrected chi connectivity index (χ1v) is 12.0. The number of halogens is 1. The highest BCUT2D eigenvalue weighted by Gasteiger charge is 2.15. The van der Waals surface area contributed by atoms with Crippen LogP contribution in [0.4, 0.5) is 5.69 Å². The van der Waals surface area contributed by atoms with E-state index in [0.717, 1.165) is 23.7 Å². The number of hydrogen-bond donors (Lipinski definition) is 3. The van der Waals surface area contributed by atoms with Gasteiger partial charge in [-0.3, -0.25) is 14.9 Å². The third kappa shape index (κ3) is 8.59. The van der Waals surface area contributed by atoms with E-state index in [0.29, 0.717) is 29.2 Å². The predicted octanol–water partition coefficient (Wildman–Crippen LogP) is 5.67. The number of carbonyl (C=O) groups excluding carboxylic acids is 2. The number of ether oxygens (including phenoxy) is 1. The summed E-state index contributed by atoms with van der Waals surface area (Å²) in [6.07, 6.45) is 4.36. The van der Waals surface area contributed by atoms with Gasteiger partial charge in [-0.15, -0.1) is 0 Å². The second-order valence-corrected chi connectivity index (χ2v) is 8.99. The molecule has 0 saturated heterocycles. The van der Waals surface area contributed by atoms with Crippen molar-refractivity contribution < 1.29 is 14.3 Å². The number of carbonyl (C=O) groups is 2. The van der Waals surface area contributed by atoms with Gasteiger partial charge in [-0.25, -0.2) is 0 Å². The summed E-state index contributed by atoms with van der Waals surface area (Å²) in [5.74, 6) is 0.0186. The van der Waals surface area contributed by atoms with Gasteiger partial charge < -0.3 is 15.4 Å². The second-order valence-electron chi connectivity index (χ2n) is 7.66. The summed E-state index contributed by atoms with van der Waals surface area (Å²) in [5.41, 5.74) is 1.62. The van der Waals surface area contributed by atoms with E-state index in [1.807, 2.05) is 19.9 Å². The first-order chi connectivity index (χ1) is 15.3. The number of amides is 2. The van der Waals surface area contributed by atoms with E-state index in [9.17, 15) is 9.59 Å². The summed E-state index contributed by atoms with van der Waals surface area (Å²) < 4.78 is 6.61. The van der Waals surface area contributed by atoms with Crippen molar-refractivity contribution in [2.45, 2.75) is 52.5 Å². The van der Waals surface area contributed by atoms with E-state index in [1.54, 1.807) is 36.4 Å². The molecule has 6 nitrogen and oxygen atoms in total. The van der Waals surface area contributed by atoms with Crippen LogP contribution in [-0.4, -0.2) is 29.6 Å². The number of thiocarbonyl (C=S) groups is 1. The molecule has 2 aromatic rings. The third-order valence-corrected chi connectivity index (χ3v) is 5.19. The molecule has 0 bridgehead atoms. The molecule has 0 unspecified atom stereocenters. The lowest BCUT2D eigenvalue weighted by molar-refractivity contribution is 0.0941. The lowest BCUT2D eigenvalue weighted by Gasteiger charge is -2.14. The molecule has 0 aliphatic carbocycles. The van der Waals surface area contributed by atoms with Crippen molar-refractivity contribution in [3.63, 3.8) is 0 Å². The number of nitrogens with one attached hydrogen (secondary N) is 3. The molecular formula is C24H30BrN3O3S. The van der Waals surface area contributed by atoms with Gasteiger partial charge >= 0.3 is 0 Å². The summed E-state index contributed by atoms with van der Waals surface area (Å²) in [6, 6.07) is 12.2. The Hall–Kier alpha value is -2.45. The lowest BCUT2D eigenvalue weighted by Crippen LogP contribution is -2.34. The minimum Gasteiger partial charge on any atom is -0.493 e. The number of anilines is 1. The summed E-state index contributed by atoms with van der Waals surface area (Å²) in [7, 11) is 0. The van der Waals surface area contributed by atoms with Crippen LogP contribution in [0.2, 0.25) is 0 Å². The van der Waals surface area contributed by atoms with Gasteiger partial charge in [0, 0.05) is 21.8 Å². The molecule has 0 aromatic heterocycles. The molecule has 2 rings (SSSR count). The van der Waals surface area contributed by atoms with Gasteiger partial charge in [0.25, 0.3) is 11.8 Å². The molecule has 0 atom stereocenters. The Morgan fingerprint density at radius 1 is 1.03 bits per heavy atom. The maximum atomic E-state index is 12.8. The molecule has 32 heavy (non-hydrogen) atoms. The standard InChI is InChI=1S/C24H30BrN3O3S/c1-4-5-6-7-14-31-21-13-10-18(25)15-20(21)23(30)28-24(32)27-19-11-8-17(9-12-19)22(29)26-16(2)3/h8-13,15-16H,4-7,14H2,1-3H3,(H,26,29)(H2,27,28,30,32). The van der Waals surface area contributed by atoms with Crippen molar-refractivity contribution >= 4 is 50.8 Å². The van der Waals surface area contributed by atoms with Gasteiger partial charge in [0.2, 0.25) is 0 Å². The van der Waals surface area contributed by atoms with E-state index in [-0.39, 0.29) is 23.0 Å². The molecule has 0 heterocycles. The number of rotatable bonds is 10. The number of hydrogen-bond acceptors (Lipinski definition) is 4. The van der Waals surface area contributed by atoms with Crippen LogP contribution in [0.1, 0.15) is 67.2 Å². The van der Waals surface area contributed by atoms with Gasteiger partial charge in [-0.2, -0.15) is 0 Å². The monoisotopic (exact) mass is 519 g/mol. The van der Waals surface area contributed by atoms with Crippen molar-refractivity contribution in [3.05, 3.63) is 58.1 Å². The SMILES string of the molecule is CCCCCCOc1ccc(Br)cc1C(=O)NC(=S)Nc1ccc(C(=O)NC(C)C)cc1. The maximum absolute atomic E-state index is 12.8. The average Bonchev–Trinajstić information content (AvgIpc) is 2.74. The molecule has 0 aliphatic heterocycles. The van der Waals surface area contributed by atoms with Crippen LogP contribution in [-0.2, 0) is 0 Å². The molecule has 0 spiro atoms. The fourth-order valence-corrected chi connectivity index (χ4v) is 3.47. The Morgan fingerprint density at radius 2 is 1.75 bits per heavy atom.